The Labute approximate surface area is 177 Å². The molecule has 0 aliphatic carbocycles. The first kappa shape index (κ1) is 21.7. The van der Waals surface area contributed by atoms with Crippen molar-refractivity contribution in [1.82, 2.24) is 10.1 Å². The van der Waals surface area contributed by atoms with Gasteiger partial charge in [-0.3, -0.25) is 14.9 Å². The monoisotopic (exact) mass is 428 g/mol. The standard InChI is InChI=1S/C20H20N4O7/c1-12-21-19(23-31-12)13-6-4-5-7-15(13)22-20(25)14-10-17(29-3)18(30-9-8-28-2)11-16(14)24(26)27/h4-7,10-11H,8-9H2,1-3H3,(H,22,25). The second-order valence-corrected chi connectivity index (χ2v) is 6.26. The number of aryl methyl sites for hydroxylation is 1. The number of nitrogens with zero attached hydrogens (tertiary/aromatic N) is 3. The van der Waals surface area contributed by atoms with E-state index in [0.717, 1.165) is 6.07 Å². The highest BCUT2D eigenvalue weighted by Gasteiger charge is 2.26. The molecule has 0 unspecified atom stereocenters. The lowest BCUT2D eigenvalue weighted by molar-refractivity contribution is -0.385. The van der Waals surface area contributed by atoms with Crippen LogP contribution in [0.5, 0.6) is 11.5 Å². The molecule has 162 valence electrons. The average molecular weight is 428 g/mol. The summed E-state index contributed by atoms with van der Waals surface area (Å²) < 4.78 is 20.6. The van der Waals surface area contributed by atoms with Crippen molar-refractivity contribution in [3.8, 4) is 22.9 Å². The quantitative estimate of drug-likeness (QED) is 0.309. The number of hydrogen-bond acceptors (Lipinski definition) is 9. The average Bonchev–Trinajstić information content (AvgIpc) is 3.19. The molecule has 11 heteroatoms. The van der Waals surface area contributed by atoms with Gasteiger partial charge in [-0.1, -0.05) is 17.3 Å². The van der Waals surface area contributed by atoms with E-state index < -0.39 is 16.5 Å². The van der Waals surface area contributed by atoms with Crippen molar-refractivity contribution in [2.45, 2.75) is 6.92 Å². The molecule has 0 radical (unpaired) electrons. The number of nitro groups is 1. The Hall–Kier alpha value is -3.99. The van der Waals surface area contributed by atoms with Crippen LogP contribution in [0.1, 0.15) is 16.2 Å². The number of aromatic nitrogens is 2. The fourth-order valence-corrected chi connectivity index (χ4v) is 2.77. The smallest absolute Gasteiger partial charge is 0.286 e. The Bertz CT molecular complexity index is 1100. The summed E-state index contributed by atoms with van der Waals surface area (Å²) in [5, 5.41) is 18.1. The van der Waals surface area contributed by atoms with Gasteiger partial charge in [-0.15, -0.1) is 0 Å². The Balaban J connectivity index is 1.96. The first-order valence-electron chi connectivity index (χ1n) is 9.13. The minimum atomic E-state index is -0.707. The highest BCUT2D eigenvalue weighted by atomic mass is 16.6. The number of anilines is 1. The van der Waals surface area contributed by atoms with Crippen molar-refractivity contribution < 1.29 is 28.5 Å². The third kappa shape index (κ3) is 4.95. The lowest BCUT2D eigenvalue weighted by Crippen LogP contribution is -2.15. The summed E-state index contributed by atoms with van der Waals surface area (Å²) >= 11 is 0. The summed E-state index contributed by atoms with van der Waals surface area (Å²) in [5.74, 6) is 0.239. The SMILES string of the molecule is COCCOc1cc([N+](=O)[O-])c(C(=O)Nc2ccccc2-c2noc(C)n2)cc1OC. The fourth-order valence-electron chi connectivity index (χ4n) is 2.77. The highest BCUT2D eigenvalue weighted by molar-refractivity contribution is 6.09. The zero-order chi connectivity index (χ0) is 22.4. The zero-order valence-electron chi connectivity index (χ0n) is 17.1. The Morgan fingerprint density at radius 1 is 1.19 bits per heavy atom. The molecule has 3 rings (SSSR count). The van der Waals surface area contributed by atoms with Gasteiger partial charge < -0.3 is 24.1 Å². The summed E-state index contributed by atoms with van der Waals surface area (Å²) in [6.45, 7) is 2.09. The van der Waals surface area contributed by atoms with Crippen molar-refractivity contribution in [3.63, 3.8) is 0 Å². The molecule has 11 nitrogen and oxygen atoms in total. The Morgan fingerprint density at radius 2 is 1.97 bits per heavy atom. The van der Waals surface area contributed by atoms with E-state index >= 15 is 0 Å². The maximum atomic E-state index is 13.0. The van der Waals surface area contributed by atoms with Crippen LogP contribution >= 0.6 is 0 Å². The summed E-state index contributed by atoms with van der Waals surface area (Å²) in [5.41, 5.74) is 0.238. The van der Waals surface area contributed by atoms with Gasteiger partial charge in [0.1, 0.15) is 12.2 Å². The van der Waals surface area contributed by atoms with Crippen LogP contribution < -0.4 is 14.8 Å². The number of benzene rings is 2. The molecule has 0 fully saturated rings. The van der Waals surface area contributed by atoms with Crippen molar-refractivity contribution in [2.75, 3.05) is 32.8 Å². The third-order valence-corrected chi connectivity index (χ3v) is 4.21. The van der Waals surface area contributed by atoms with E-state index in [1.807, 2.05) is 0 Å². The van der Waals surface area contributed by atoms with Crippen LogP contribution in [-0.2, 0) is 4.74 Å². The van der Waals surface area contributed by atoms with E-state index in [1.54, 1.807) is 31.2 Å². The number of carbonyl (C=O) groups excluding carboxylic acids is 1. The van der Waals surface area contributed by atoms with Gasteiger partial charge in [0, 0.05) is 25.7 Å². The molecule has 0 atom stereocenters. The molecule has 1 aromatic heterocycles. The Kier molecular flexibility index (Phi) is 6.78. The van der Waals surface area contributed by atoms with Gasteiger partial charge in [-0.05, 0) is 12.1 Å². The van der Waals surface area contributed by atoms with Crippen LogP contribution in [0.15, 0.2) is 40.9 Å². The lowest BCUT2D eigenvalue weighted by atomic mass is 10.1. The molecule has 1 amide bonds. The van der Waals surface area contributed by atoms with Crippen molar-refractivity contribution in [2.24, 2.45) is 0 Å². The summed E-state index contributed by atoms with van der Waals surface area (Å²) in [4.78, 5) is 28.1. The van der Waals surface area contributed by atoms with Gasteiger partial charge in [-0.2, -0.15) is 4.98 Å². The number of nitrogens with one attached hydrogen (secondary N) is 1. The maximum absolute atomic E-state index is 13.0. The molecule has 3 aromatic rings. The van der Waals surface area contributed by atoms with Gasteiger partial charge in [0.2, 0.25) is 11.7 Å². The molecular formula is C20H20N4O7. The minimum Gasteiger partial charge on any atom is -0.493 e. The number of rotatable bonds is 9. The van der Waals surface area contributed by atoms with Crippen molar-refractivity contribution in [3.05, 3.63) is 58.0 Å². The van der Waals surface area contributed by atoms with Crippen molar-refractivity contribution in [1.29, 1.82) is 0 Å². The van der Waals surface area contributed by atoms with Crippen LogP contribution in [0, 0.1) is 17.0 Å². The van der Waals surface area contributed by atoms with E-state index in [4.69, 9.17) is 18.7 Å². The number of carbonyl (C=O) groups is 1. The van der Waals surface area contributed by atoms with Crippen LogP contribution in [0.3, 0.4) is 0 Å². The predicted molar refractivity (Wildman–Crippen MR) is 109 cm³/mol. The highest BCUT2D eigenvalue weighted by Crippen LogP contribution is 2.35. The van der Waals surface area contributed by atoms with Crippen LogP contribution in [0.2, 0.25) is 0 Å². The molecule has 0 aliphatic rings. The molecule has 31 heavy (non-hydrogen) atoms. The number of ether oxygens (including phenoxy) is 3. The fraction of sp³-hybridized carbons (Fsp3) is 0.250. The summed E-state index contributed by atoms with van der Waals surface area (Å²) in [6.07, 6.45) is 0. The molecule has 2 aromatic carbocycles. The maximum Gasteiger partial charge on any atom is 0.286 e. The predicted octanol–water partition coefficient (Wildman–Crippen LogP) is 3.24. The topological polar surface area (TPSA) is 139 Å². The molecule has 0 aliphatic heterocycles. The molecule has 0 spiro atoms. The van der Waals surface area contributed by atoms with E-state index in [-0.39, 0.29) is 36.1 Å². The van der Waals surface area contributed by atoms with E-state index in [2.05, 4.69) is 15.5 Å². The van der Waals surface area contributed by atoms with Gasteiger partial charge in [0.15, 0.2) is 11.5 Å². The molecule has 1 heterocycles. The number of hydrogen-bond donors (Lipinski definition) is 1. The van der Waals surface area contributed by atoms with E-state index in [1.165, 1.54) is 20.3 Å². The molecule has 1 N–H and O–H groups in total. The minimum absolute atomic E-state index is 0.130. The normalized spacial score (nSPS) is 10.5. The molecule has 0 saturated heterocycles. The number of methoxy groups -OCH3 is 2. The number of para-hydroxylation sites is 1. The summed E-state index contributed by atoms with van der Waals surface area (Å²) in [6, 6.07) is 9.18. The van der Waals surface area contributed by atoms with E-state index in [0.29, 0.717) is 17.1 Å². The van der Waals surface area contributed by atoms with Gasteiger partial charge in [0.05, 0.1) is 30.4 Å². The largest absolute Gasteiger partial charge is 0.493 e. The second kappa shape index (κ2) is 9.67. The van der Waals surface area contributed by atoms with E-state index in [9.17, 15) is 14.9 Å². The Morgan fingerprint density at radius 3 is 2.61 bits per heavy atom. The van der Waals surface area contributed by atoms with Crippen LogP contribution in [0.25, 0.3) is 11.4 Å². The van der Waals surface area contributed by atoms with Gasteiger partial charge >= 0.3 is 0 Å². The lowest BCUT2D eigenvalue weighted by Gasteiger charge is -2.13. The number of nitro benzene ring substituents is 1. The second-order valence-electron chi connectivity index (χ2n) is 6.26. The molecular weight excluding hydrogens is 408 g/mol. The third-order valence-electron chi connectivity index (χ3n) is 4.21. The molecule has 0 saturated carbocycles. The zero-order valence-corrected chi connectivity index (χ0v) is 17.1. The van der Waals surface area contributed by atoms with Crippen LogP contribution in [-0.4, -0.2) is 48.4 Å². The van der Waals surface area contributed by atoms with Gasteiger partial charge in [0.25, 0.3) is 11.6 Å². The number of amides is 1. The molecule has 0 bridgehead atoms. The van der Waals surface area contributed by atoms with Crippen molar-refractivity contribution >= 4 is 17.3 Å². The summed E-state index contributed by atoms with van der Waals surface area (Å²) in [7, 11) is 2.88. The van der Waals surface area contributed by atoms with Crippen LogP contribution in [0.4, 0.5) is 11.4 Å². The first-order valence-corrected chi connectivity index (χ1v) is 9.13. The first-order chi connectivity index (χ1) is 14.9. The van der Waals surface area contributed by atoms with Gasteiger partial charge in [-0.25, -0.2) is 0 Å².